The first kappa shape index (κ1) is 8.85. The molecule has 1 saturated heterocycles. The average Bonchev–Trinajstić information content (AvgIpc) is 2.90. The first-order valence-corrected chi connectivity index (χ1v) is 3.69. The summed E-state index contributed by atoms with van der Waals surface area (Å²) >= 11 is 0. The molecule has 0 bridgehead atoms. The molecule has 2 aliphatic rings. The maximum absolute atomic E-state index is 11.0. The number of ether oxygens (including phenoxy) is 1. The van der Waals surface area contributed by atoms with Crippen LogP contribution in [0.2, 0.25) is 0 Å². The monoisotopic (exact) mass is 199 g/mol. The van der Waals surface area contributed by atoms with Crippen LogP contribution >= 0.6 is 0 Å². The van der Waals surface area contributed by atoms with Gasteiger partial charge in [0, 0.05) is 12.2 Å². The van der Waals surface area contributed by atoms with E-state index in [2.05, 4.69) is 4.89 Å². The van der Waals surface area contributed by atoms with Crippen molar-refractivity contribution >= 4 is 5.97 Å². The van der Waals surface area contributed by atoms with Gasteiger partial charge in [-0.1, -0.05) is 0 Å². The third kappa shape index (κ3) is 1.03. The van der Waals surface area contributed by atoms with Crippen LogP contribution in [-0.4, -0.2) is 27.9 Å². The summed E-state index contributed by atoms with van der Waals surface area (Å²) in [5.74, 6) is -0.975. The number of nitro groups is 1. The Labute approximate surface area is 77.3 Å². The zero-order valence-electron chi connectivity index (χ0n) is 6.75. The van der Waals surface area contributed by atoms with Crippen LogP contribution in [0.15, 0.2) is 23.9 Å². The summed E-state index contributed by atoms with van der Waals surface area (Å²) in [4.78, 5) is 24.2. The zero-order valence-corrected chi connectivity index (χ0v) is 6.75. The van der Waals surface area contributed by atoms with Crippen LogP contribution in [-0.2, 0) is 14.4 Å². The molecule has 2 rings (SSSR count). The van der Waals surface area contributed by atoms with E-state index in [9.17, 15) is 14.9 Å². The number of rotatable bonds is 2. The van der Waals surface area contributed by atoms with Crippen LogP contribution in [0.1, 0.15) is 0 Å². The van der Waals surface area contributed by atoms with Crippen LogP contribution in [0.25, 0.3) is 0 Å². The number of carbonyl (C=O) groups is 1. The van der Waals surface area contributed by atoms with Crippen molar-refractivity contribution in [1.29, 1.82) is 0 Å². The van der Waals surface area contributed by atoms with Crippen molar-refractivity contribution in [2.24, 2.45) is 0 Å². The van der Waals surface area contributed by atoms with Crippen LogP contribution in [0.3, 0.4) is 0 Å². The standard InChI is InChI=1S/C7H5NO6/c9-6(14-12)7-2-1-4(8(10)11)3-5(7)13-7/h1-3,5,12H. The fourth-order valence-corrected chi connectivity index (χ4v) is 1.31. The summed E-state index contributed by atoms with van der Waals surface area (Å²) in [5, 5.41) is 18.5. The maximum Gasteiger partial charge on any atom is 0.380 e. The first-order chi connectivity index (χ1) is 6.60. The zero-order chi connectivity index (χ0) is 10.3. The highest BCUT2D eigenvalue weighted by Gasteiger charge is 2.64. The molecule has 0 aromatic heterocycles. The minimum absolute atomic E-state index is 0.145. The van der Waals surface area contributed by atoms with Crippen LogP contribution in [0, 0.1) is 10.1 Å². The molecule has 2 atom stereocenters. The summed E-state index contributed by atoms with van der Waals surface area (Å²) in [6.07, 6.45) is 2.82. The summed E-state index contributed by atoms with van der Waals surface area (Å²) in [6.45, 7) is 0. The number of hydrogen-bond acceptors (Lipinski definition) is 6. The highest BCUT2D eigenvalue weighted by molar-refractivity contribution is 5.87. The summed E-state index contributed by atoms with van der Waals surface area (Å²) in [6, 6.07) is 0. The lowest BCUT2D eigenvalue weighted by Gasteiger charge is -2.04. The molecule has 0 aromatic rings. The molecule has 1 heterocycles. The van der Waals surface area contributed by atoms with Gasteiger partial charge < -0.3 is 4.74 Å². The molecule has 74 valence electrons. The number of hydrogen-bond donors (Lipinski definition) is 1. The normalized spacial score (nSPS) is 32.9. The highest BCUT2D eigenvalue weighted by atomic mass is 17.1. The van der Waals surface area contributed by atoms with E-state index in [-0.39, 0.29) is 5.70 Å². The molecule has 0 aromatic carbocycles. The number of epoxide rings is 1. The molecule has 14 heavy (non-hydrogen) atoms. The summed E-state index contributed by atoms with van der Waals surface area (Å²) in [5.41, 5.74) is -1.50. The molecule has 1 fully saturated rings. The van der Waals surface area contributed by atoms with Crippen molar-refractivity contribution in [3.63, 3.8) is 0 Å². The molecular weight excluding hydrogens is 194 g/mol. The Morgan fingerprint density at radius 2 is 2.50 bits per heavy atom. The molecule has 1 aliphatic heterocycles. The van der Waals surface area contributed by atoms with Crippen LogP contribution in [0.5, 0.6) is 0 Å². The largest absolute Gasteiger partial charge is 0.380 e. The predicted molar refractivity (Wildman–Crippen MR) is 40.5 cm³/mol. The second kappa shape index (κ2) is 2.63. The van der Waals surface area contributed by atoms with E-state index in [4.69, 9.17) is 9.99 Å². The van der Waals surface area contributed by atoms with Crippen molar-refractivity contribution in [3.8, 4) is 0 Å². The lowest BCUT2D eigenvalue weighted by Crippen LogP contribution is -2.28. The van der Waals surface area contributed by atoms with Gasteiger partial charge >= 0.3 is 5.97 Å². The second-order valence-electron chi connectivity index (χ2n) is 2.89. The molecule has 7 heteroatoms. The third-order valence-electron chi connectivity index (χ3n) is 2.12. The Balaban J connectivity index is 2.21. The van der Waals surface area contributed by atoms with Crippen LogP contribution < -0.4 is 0 Å². The van der Waals surface area contributed by atoms with Gasteiger partial charge in [-0.3, -0.25) is 15.0 Å². The lowest BCUT2D eigenvalue weighted by molar-refractivity contribution is -0.419. The second-order valence-corrected chi connectivity index (χ2v) is 2.89. The number of carbonyl (C=O) groups excluding carboxylic acids is 1. The third-order valence-corrected chi connectivity index (χ3v) is 2.12. The predicted octanol–water partition coefficient (Wildman–Crippen LogP) is -0.129. The van der Waals surface area contributed by atoms with Crippen molar-refractivity contribution in [1.82, 2.24) is 0 Å². The Morgan fingerprint density at radius 1 is 1.79 bits per heavy atom. The summed E-state index contributed by atoms with van der Waals surface area (Å²) < 4.78 is 4.90. The molecule has 0 saturated carbocycles. The molecule has 2 unspecified atom stereocenters. The van der Waals surface area contributed by atoms with Crippen molar-refractivity contribution in [2.75, 3.05) is 0 Å². The Morgan fingerprint density at radius 3 is 3.00 bits per heavy atom. The number of allylic oxidation sites excluding steroid dienone is 1. The average molecular weight is 199 g/mol. The van der Waals surface area contributed by atoms with Gasteiger partial charge in [0.15, 0.2) is 0 Å². The van der Waals surface area contributed by atoms with E-state index in [0.29, 0.717) is 0 Å². The van der Waals surface area contributed by atoms with E-state index in [0.717, 1.165) is 6.08 Å². The van der Waals surface area contributed by atoms with Gasteiger partial charge in [0.1, 0.15) is 6.10 Å². The van der Waals surface area contributed by atoms with Crippen molar-refractivity contribution < 1.29 is 24.6 Å². The van der Waals surface area contributed by atoms with Gasteiger partial charge in [-0.25, -0.2) is 4.79 Å². The van der Waals surface area contributed by atoms with Gasteiger partial charge in [0.25, 0.3) is 5.70 Å². The Kier molecular flexibility index (Phi) is 1.66. The molecule has 0 radical (unpaired) electrons. The van der Waals surface area contributed by atoms with Gasteiger partial charge in [-0.2, -0.15) is 5.26 Å². The number of nitrogens with zero attached hydrogens (tertiary/aromatic N) is 1. The fraction of sp³-hybridized carbons (Fsp3) is 0.286. The van der Waals surface area contributed by atoms with Gasteiger partial charge in [0.05, 0.1) is 4.92 Å². The van der Waals surface area contributed by atoms with E-state index in [1.165, 1.54) is 12.2 Å². The quantitative estimate of drug-likeness (QED) is 0.287. The van der Waals surface area contributed by atoms with Gasteiger partial charge in [-0.05, 0) is 6.08 Å². The SMILES string of the molecule is O=C(OO)C12C=CC([N+](=O)[O-])=CC1O2. The Bertz CT molecular complexity index is 372. The highest BCUT2D eigenvalue weighted by Crippen LogP contribution is 2.43. The maximum atomic E-state index is 11.0. The number of fused-ring (bicyclic) bond motifs is 1. The van der Waals surface area contributed by atoms with E-state index in [1.54, 1.807) is 0 Å². The minimum atomic E-state index is -1.35. The van der Waals surface area contributed by atoms with Crippen molar-refractivity contribution in [3.05, 3.63) is 34.0 Å². The van der Waals surface area contributed by atoms with Gasteiger partial charge in [-0.15, -0.1) is 0 Å². The first-order valence-electron chi connectivity index (χ1n) is 3.69. The molecule has 0 spiro atoms. The molecular formula is C7H5NO6. The smallest absolute Gasteiger partial charge is 0.345 e. The molecule has 0 amide bonds. The topological polar surface area (TPSA) is 102 Å². The summed E-state index contributed by atoms with van der Waals surface area (Å²) in [7, 11) is 0. The minimum Gasteiger partial charge on any atom is -0.345 e. The van der Waals surface area contributed by atoms with E-state index in [1.807, 2.05) is 0 Å². The van der Waals surface area contributed by atoms with Gasteiger partial charge in [0.2, 0.25) is 5.60 Å². The van der Waals surface area contributed by atoms with E-state index >= 15 is 0 Å². The Hall–Kier alpha value is -1.73. The lowest BCUT2D eigenvalue weighted by atomic mass is 10.00. The molecule has 7 nitrogen and oxygen atoms in total. The van der Waals surface area contributed by atoms with Crippen LogP contribution in [0.4, 0.5) is 0 Å². The van der Waals surface area contributed by atoms with Crippen molar-refractivity contribution in [2.45, 2.75) is 11.7 Å². The fourth-order valence-electron chi connectivity index (χ4n) is 1.31. The molecule has 1 aliphatic carbocycles. The van der Waals surface area contributed by atoms with E-state index < -0.39 is 22.6 Å². The molecule has 1 N–H and O–H groups in total.